The Bertz CT molecular complexity index is 2260. The average molecular weight is 1130 g/mol. The SMILES string of the molecule is CCCCCC#CCCCOc1cccc(C(=O)N[C@@H]2C(O[C@H]3C(O)C(NC(C)=O)C(OC4C(CO)OC(O[C@H]5C(O)C(NC(C)=O)C(O)O[C@H]5COS(=O)(=O)O)[C@@H](NC(C)=O)[C@H]4O)O[C@H]3CO)OC(CO)[C@@H](O)[C@@H]2O)c1. The summed E-state index contributed by atoms with van der Waals surface area (Å²) in [6.07, 6.45) is -24.3. The number of nitrogens with one attached hydrogen (secondary N) is 4. The number of unbranched alkanes of at least 4 members (excludes halogenated alkanes) is 4. The number of ether oxygens (including phenoxy) is 8. The molecule has 4 amide bonds. The van der Waals surface area contributed by atoms with Gasteiger partial charge < -0.3 is 105 Å². The third kappa shape index (κ3) is 17.6. The summed E-state index contributed by atoms with van der Waals surface area (Å²) in [6, 6.07) is -0.755. The van der Waals surface area contributed by atoms with Crippen LogP contribution in [0.15, 0.2) is 24.3 Å². The summed E-state index contributed by atoms with van der Waals surface area (Å²) in [5, 5.41) is 109. The van der Waals surface area contributed by atoms with Crippen molar-refractivity contribution in [3.63, 3.8) is 0 Å². The Morgan fingerprint density at radius 3 is 1.56 bits per heavy atom. The molecule has 1 aromatic carbocycles. The maximum atomic E-state index is 13.8. The van der Waals surface area contributed by atoms with Crippen molar-refractivity contribution in [3.05, 3.63) is 29.8 Å². The summed E-state index contributed by atoms with van der Waals surface area (Å²) in [4.78, 5) is 51.1. The molecule has 436 valence electrons. The first-order chi connectivity index (χ1) is 36.5. The van der Waals surface area contributed by atoms with E-state index < -0.39 is 183 Å². The maximum Gasteiger partial charge on any atom is 0.397 e. The Kier molecular flexibility index (Phi) is 24.6. The zero-order valence-corrected chi connectivity index (χ0v) is 43.5. The Hall–Kier alpha value is -4.31. The second-order valence-corrected chi connectivity index (χ2v) is 19.8. The minimum atomic E-state index is -5.16. The first-order valence-corrected chi connectivity index (χ1v) is 26.3. The van der Waals surface area contributed by atoms with Gasteiger partial charge in [-0.05, 0) is 31.0 Å². The van der Waals surface area contributed by atoms with Gasteiger partial charge >= 0.3 is 10.4 Å². The van der Waals surface area contributed by atoms with Crippen molar-refractivity contribution in [2.24, 2.45) is 0 Å². The maximum absolute atomic E-state index is 13.8. The van der Waals surface area contributed by atoms with E-state index in [2.05, 4.69) is 44.2 Å². The van der Waals surface area contributed by atoms with Crippen molar-refractivity contribution in [2.75, 3.05) is 33.0 Å². The predicted octanol–water partition coefficient (Wildman–Crippen LogP) is -5.31. The monoisotopic (exact) mass is 1120 g/mol. The van der Waals surface area contributed by atoms with Gasteiger partial charge in [0.25, 0.3) is 5.91 Å². The standard InChI is InChI=1S/C47H72N4O25S/c1-5-6-7-8-9-10-11-12-16-68-26-15-13-14-25(17-26)43(63)51-32-36(59)35(58)27(18-52)71-45(32)74-40-28(19-53)72-46(33(38(40)61)49-23(3)56)75-41-29(20-54)73-47(34(39(41)62)50-24(4)57)76-42-30(21-69-77(65,66)67)70-44(64)31(37(42)60)48-22(2)55/h13-15,17,27-42,44-47,52-54,58-62,64H,5-8,11-12,16,18-21H2,1-4H3,(H,48,55)(H,49,56)(H,50,57)(H,51,63)(H,65,66,67)/t27?,28-,29?,30-,31?,32-,33?,34-,35+,36+,37?,38?,39+,40+,41?,42+,44?,45?,46?,47?/m0/s1. The fourth-order valence-corrected chi connectivity index (χ4v) is 9.34. The number of amides is 4. The van der Waals surface area contributed by atoms with Gasteiger partial charge in [-0.3, -0.25) is 23.7 Å². The van der Waals surface area contributed by atoms with E-state index >= 15 is 0 Å². The molecule has 4 fully saturated rings. The van der Waals surface area contributed by atoms with Gasteiger partial charge in [0.05, 0.1) is 33.0 Å². The molecule has 0 aliphatic carbocycles. The summed E-state index contributed by atoms with van der Waals surface area (Å²) in [6.45, 7) is 1.48. The molecule has 0 radical (unpaired) electrons. The van der Waals surface area contributed by atoms with Crippen molar-refractivity contribution in [3.8, 4) is 17.6 Å². The van der Waals surface area contributed by atoms with E-state index in [9.17, 15) is 78.1 Å². The molecule has 11 unspecified atom stereocenters. The topological polar surface area (TPSA) is 436 Å². The predicted molar refractivity (Wildman–Crippen MR) is 257 cm³/mol. The highest BCUT2D eigenvalue weighted by Crippen LogP contribution is 2.35. The number of aliphatic hydroxyl groups excluding tert-OH is 9. The lowest BCUT2D eigenvalue weighted by Crippen LogP contribution is -2.71. The Labute approximate surface area is 443 Å². The van der Waals surface area contributed by atoms with Crippen molar-refractivity contribution in [2.45, 2.75) is 189 Å². The number of carbonyl (C=O) groups is 4. The van der Waals surface area contributed by atoms with Gasteiger partial charge in [0.2, 0.25) is 17.7 Å². The third-order valence-electron chi connectivity index (χ3n) is 12.8. The van der Waals surface area contributed by atoms with E-state index in [1.54, 1.807) is 12.1 Å². The molecule has 0 aromatic heterocycles. The quantitative estimate of drug-likeness (QED) is 0.0261. The van der Waals surface area contributed by atoms with Crippen LogP contribution in [0.4, 0.5) is 0 Å². The molecule has 0 bridgehead atoms. The summed E-state index contributed by atoms with van der Waals surface area (Å²) >= 11 is 0. The zero-order chi connectivity index (χ0) is 56.7. The lowest BCUT2D eigenvalue weighted by Gasteiger charge is -2.51. The van der Waals surface area contributed by atoms with Gasteiger partial charge in [-0.25, -0.2) is 4.18 Å². The smallest absolute Gasteiger partial charge is 0.397 e. The van der Waals surface area contributed by atoms with Crippen molar-refractivity contribution >= 4 is 34.0 Å². The Balaban J connectivity index is 1.36. The molecule has 30 heteroatoms. The summed E-state index contributed by atoms with van der Waals surface area (Å²) in [7, 11) is -5.16. The molecule has 1 aromatic rings. The average Bonchev–Trinajstić information content (AvgIpc) is 3.39. The highest BCUT2D eigenvalue weighted by Gasteiger charge is 2.56. The van der Waals surface area contributed by atoms with E-state index in [0.29, 0.717) is 25.2 Å². The first-order valence-electron chi connectivity index (χ1n) is 24.9. The largest absolute Gasteiger partial charge is 0.494 e. The lowest BCUT2D eigenvalue weighted by atomic mass is 9.93. The van der Waals surface area contributed by atoms with Gasteiger partial charge in [0.1, 0.15) is 103 Å². The molecule has 4 aliphatic rings. The molecule has 0 spiro atoms. The van der Waals surface area contributed by atoms with Crippen LogP contribution >= 0.6 is 0 Å². The number of hydrogen-bond acceptors (Lipinski definition) is 24. The normalized spacial score (nSPS) is 35.4. The van der Waals surface area contributed by atoms with Crippen molar-refractivity contribution in [1.82, 2.24) is 21.3 Å². The molecule has 5 rings (SSSR count). The lowest BCUT2D eigenvalue weighted by molar-refractivity contribution is -0.361. The first kappa shape index (κ1) is 63.5. The van der Waals surface area contributed by atoms with E-state index in [-0.39, 0.29) is 5.56 Å². The molecule has 77 heavy (non-hydrogen) atoms. The number of carbonyl (C=O) groups excluding carboxylic acids is 4. The van der Waals surface area contributed by atoms with E-state index in [1.807, 2.05) is 0 Å². The van der Waals surface area contributed by atoms with E-state index in [1.165, 1.54) is 12.1 Å². The molecule has 4 saturated heterocycles. The van der Waals surface area contributed by atoms with Gasteiger partial charge in [0.15, 0.2) is 25.2 Å². The van der Waals surface area contributed by atoms with Crippen LogP contribution in [0.5, 0.6) is 5.75 Å². The van der Waals surface area contributed by atoms with E-state index in [4.69, 9.17) is 37.9 Å². The van der Waals surface area contributed by atoms with Gasteiger partial charge in [0, 0.05) is 39.2 Å². The van der Waals surface area contributed by atoms with Gasteiger partial charge in [-0.15, -0.1) is 11.8 Å². The number of hydrogen-bond donors (Lipinski definition) is 14. The van der Waals surface area contributed by atoms with Gasteiger partial charge in [-0.1, -0.05) is 25.8 Å². The summed E-state index contributed by atoms with van der Waals surface area (Å²) < 4.78 is 83.8. The highest BCUT2D eigenvalue weighted by molar-refractivity contribution is 7.80. The summed E-state index contributed by atoms with van der Waals surface area (Å²) in [5.41, 5.74) is 0.0436. The van der Waals surface area contributed by atoms with Crippen molar-refractivity contribution in [1.29, 1.82) is 0 Å². The van der Waals surface area contributed by atoms with Crippen LogP contribution in [-0.4, -0.2) is 238 Å². The van der Waals surface area contributed by atoms with Crippen LogP contribution < -0.4 is 26.0 Å². The molecule has 0 saturated carbocycles. The molecule has 29 nitrogen and oxygen atoms in total. The number of rotatable bonds is 24. The summed E-state index contributed by atoms with van der Waals surface area (Å²) in [5.74, 6) is 3.35. The third-order valence-corrected chi connectivity index (χ3v) is 13.2. The highest BCUT2D eigenvalue weighted by atomic mass is 32.3. The zero-order valence-electron chi connectivity index (χ0n) is 42.6. The Morgan fingerprint density at radius 2 is 1.06 bits per heavy atom. The van der Waals surface area contributed by atoms with Crippen LogP contribution in [0.25, 0.3) is 0 Å². The molecule has 14 N–H and O–H groups in total. The van der Waals surface area contributed by atoms with Crippen LogP contribution in [-0.2, 0) is 62.1 Å². The second-order valence-electron chi connectivity index (χ2n) is 18.7. The number of benzene rings is 1. The molecular formula is C47H72N4O25S. The van der Waals surface area contributed by atoms with Crippen LogP contribution in [0.1, 0.15) is 76.6 Å². The van der Waals surface area contributed by atoms with Crippen LogP contribution in [0.3, 0.4) is 0 Å². The molecule has 20 atom stereocenters. The van der Waals surface area contributed by atoms with Crippen LogP contribution in [0, 0.1) is 11.8 Å². The minimum Gasteiger partial charge on any atom is -0.494 e. The van der Waals surface area contributed by atoms with Crippen LogP contribution in [0.2, 0.25) is 0 Å². The molecule has 4 aliphatic heterocycles. The molecular weight excluding hydrogens is 1050 g/mol. The number of aliphatic hydroxyl groups is 9. The van der Waals surface area contributed by atoms with Crippen molar-refractivity contribution < 1.29 is 120 Å². The van der Waals surface area contributed by atoms with Gasteiger partial charge in [-0.2, -0.15) is 8.42 Å². The van der Waals surface area contributed by atoms with E-state index in [0.717, 1.165) is 46.5 Å². The second kappa shape index (κ2) is 29.8. The fraction of sp³-hybridized carbons (Fsp3) is 0.745. The molecule has 4 heterocycles. The fourth-order valence-electron chi connectivity index (χ4n) is 9.03. The Morgan fingerprint density at radius 1 is 0.597 bits per heavy atom. The minimum absolute atomic E-state index is 0.0436.